The van der Waals surface area contributed by atoms with E-state index >= 15 is 0 Å². The van der Waals surface area contributed by atoms with Crippen LogP contribution in [0.1, 0.15) is 23.8 Å². The van der Waals surface area contributed by atoms with Crippen LogP contribution in [0.4, 0.5) is 0 Å². The number of fused-ring (bicyclic) bond motifs is 1. The first-order valence-electron chi connectivity index (χ1n) is 6.58. The fraction of sp³-hybridized carbons (Fsp3) is 0.429. The van der Waals surface area contributed by atoms with Crippen molar-refractivity contribution in [3.8, 4) is 0 Å². The molecule has 5 nitrogen and oxygen atoms in total. The van der Waals surface area contributed by atoms with Crippen LogP contribution in [-0.2, 0) is 4.74 Å². The molecule has 2 atom stereocenters. The van der Waals surface area contributed by atoms with Gasteiger partial charge < -0.3 is 10.1 Å². The number of nitrogens with one attached hydrogen (secondary N) is 2. The van der Waals surface area contributed by atoms with Gasteiger partial charge in [-0.1, -0.05) is 18.2 Å². The average Bonchev–Trinajstić information content (AvgIpc) is 3.02. The first-order chi connectivity index (χ1) is 9.25. The Morgan fingerprint density at radius 3 is 3.16 bits per heavy atom. The molecule has 0 bridgehead atoms. The minimum Gasteiger partial charge on any atom is -0.378 e. The molecule has 0 aliphatic carbocycles. The van der Waals surface area contributed by atoms with Crippen molar-refractivity contribution in [3.05, 3.63) is 30.0 Å². The van der Waals surface area contributed by atoms with Crippen molar-refractivity contribution in [1.29, 1.82) is 0 Å². The largest absolute Gasteiger partial charge is 0.378 e. The minimum atomic E-state index is -0.128. The van der Waals surface area contributed by atoms with Gasteiger partial charge in [0.05, 0.1) is 11.6 Å². The van der Waals surface area contributed by atoms with E-state index in [-0.39, 0.29) is 12.0 Å². The Bertz CT molecular complexity index is 593. The number of carbonyl (C=O) groups excluding carboxylic acids is 1. The third-order valence-corrected chi connectivity index (χ3v) is 3.74. The maximum atomic E-state index is 12.1. The van der Waals surface area contributed by atoms with Crippen LogP contribution >= 0.6 is 0 Å². The number of ether oxygens (including phenoxy) is 1. The van der Waals surface area contributed by atoms with Crippen molar-refractivity contribution in [2.75, 3.05) is 13.2 Å². The van der Waals surface area contributed by atoms with Crippen LogP contribution in [-0.4, -0.2) is 35.4 Å². The summed E-state index contributed by atoms with van der Waals surface area (Å²) >= 11 is 0. The predicted molar refractivity (Wildman–Crippen MR) is 71.9 cm³/mol. The van der Waals surface area contributed by atoms with Crippen LogP contribution in [0.2, 0.25) is 0 Å². The van der Waals surface area contributed by atoms with Crippen LogP contribution in [0.5, 0.6) is 0 Å². The molecule has 5 heteroatoms. The molecule has 2 aromatic rings. The number of para-hydroxylation sites is 1. The van der Waals surface area contributed by atoms with Crippen molar-refractivity contribution >= 4 is 16.8 Å². The number of hydrogen-bond donors (Lipinski definition) is 2. The molecule has 2 unspecified atom stereocenters. The number of benzene rings is 1. The van der Waals surface area contributed by atoms with Gasteiger partial charge in [0.15, 0.2) is 5.69 Å². The van der Waals surface area contributed by atoms with E-state index in [2.05, 4.69) is 15.5 Å². The van der Waals surface area contributed by atoms with Crippen molar-refractivity contribution in [2.45, 2.75) is 19.4 Å². The summed E-state index contributed by atoms with van der Waals surface area (Å²) in [5.74, 6) is 0.269. The van der Waals surface area contributed by atoms with Crippen molar-refractivity contribution in [3.63, 3.8) is 0 Å². The minimum absolute atomic E-state index is 0.128. The molecule has 1 aliphatic rings. The maximum Gasteiger partial charge on any atom is 0.272 e. The highest BCUT2D eigenvalue weighted by molar-refractivity contribution is 6.04. The van der Waals surface area contributed by atoms with Crippen LogP contribution in [0.3, 0.4) is 0 Å². The number of rotatable bonds is 3. The molecular weight excluding hydrogens is 242 g/mol. The standard InChI is InChI=1S/C14H17N3O2/c1-9-10(6-7-19-9)8-15-14(18)13-11-4-2-3-5-12(11)16-17-13/h2-5,9-10H,6-8H2,1H3,(H,15,18)(H,16,17). The number of H-pyrrole nitrogens is 1. The molecule has 3 rings (SSSR count). The van der Waals surface area contributed by atoms with Gasteiger partial charge >= 0.3 is 0 Å². The van der Waals surface area contributed by atoms with E-state index in [1.165, 1.54) is 0 Å². The summed E-state index contributed by atoms with van der Waals surface area (Å²) in [7, 11) is 0. The van der Waals surface area contributed by atoms with Gasteiger partial charge in [-0.05, 0) is 19.4 Å². The highest BCUT2D eigenvalue weighted by atomic mass is 16.5. The highest BCUT2D eigenvalue weighted by Crippen LogP contribution is 2.20. The van der Waals surface area contributed by atoms with Gasteiger partial charge in [-0.15, -0.1) is 0 Å². The maximum absolute atomic E-state index is 12.1. The first kappa shape index (κ1) is 12.2. The number of aromatic nitrogens is 2. The van der Waals surface area contributed by atoms with Crippen molar-refractivity contribution < 1.29 is 9.53 Å². The van der Waals surface area contributed by atoms with Gasteiger partial charge in [0.2, 0.25) is 0 Å². The number of nitrogens with zero attached hydrogens (tertiary/aromatic N) is 1. The third kappa shape index (κ3) is 2.33. The van der Waals surface area contributed by atoms with Crippen LogP contribution in [0.25, 0.3) is 10.9 Å². The SMILES string of the molecule is CC1OCCC1CNC(=O)c1n[nH]c2ccccc12. The summed E-state index contributed by atoms with van der Waals surface area (Å²) in [5, 5.41) is 10.8. The number of carbonyl (C=O) groups is 1. The lowest BCUT2D eigenvalue weighted by molar-refractivity contribution is 0.0904. The molecule has 0 saturated carbocycles. The molecule has 2 N–H and O–H groups in total. The van der Waals surface area contributed by atoms with E-state index < -0.39 is 0 Å². The molecule has 1 amide bonds. The van der Waals surface area contributed by atoms with E-state index in [0.717, 1.165) is 23.9 Å². The molecule has 2 heterocycles. The average molecular weight is 259 g/mol. The Labute approximate surface area is 111 Å². The Morgan fingerprint density at radius 2 is 2.37 bits per heavy atom. The molecule has 1 aliphatic heterocycles. The number of hydrogen-bond acceptors (Lipinski definition) is 3. The van der Waals surface area contributed by atoms with Gasteiger partial charge in [-0.2, -0.15) is 5.10 Å². The highest BCUT2D eigenvalue weighted by Gasteiger charge is 2.25. The Hall–Kier alpha value is -1.88. The van der Waals surface area contributed by atoms with Crippen molar-refractivity contribution in [1.82, 2.24) is 15.5 Å². The van der Waals surface area contributed by atoms with E-state index in [1.54, 1.807) is 0 Å². The third-order valence-electron chi connectivity index (χ3n) is 3.74. The van der Waals surface area contributed by atoms with Gasteiger partial charge in [-0.25, -0.2) is 0 Å². The zero-order valence-corrected chi connectivity index (χ0v) is 10.8. The fourth-order valence-electron chi connectivity index (χ4n) is 2.49. The predicted octanol–water partition coefficient (Wildman–Crippen LogP) is 1.72. The molecule has 1 aromatic carbocycles. The monoisotopic (exact) mass is 259 g/mol. The number of amides is 1. The quantitative estimate of drug-likeness (QED) is 0.882. The number of aromatic amines is 1. The second-order valence-corrected chi connectivity index (χ2v) is 4.95. The summed E-state index contributed by atoms with van der Waals surface area (Å²) in [6, 6.07) is 7.63. The Kier molecular flexibility index (Phi) is 3.21. The lowest BCUT2D eigenvalue weighted by Crippen LogP contribution is -2.32. The Morgan fingerprint density at radius 1 is 1.53 bits per heavy atom. The molecule has 0 spiro atoms. The second-order valence-electron chi connectivity index (χ2n) is 4.95. The van der Waals surface area contributed by atoms with E-state index in [0.29, 0.717) is 18.2 Å². The first-order valence-corrected chi connectivity index (χ1v) is 6.58. The lowest BCUT2D eigenvalue weighted by Gasteiger charge is -2.14. The van der Waals surface area contributed by atoms with E-state index in [4.69, 9.17) is 4.74 Å². The van der Waals surface area contributed by atoms with Crippen LogP contribution < -0.4 is 5.32 Å². The summed E-state index contributed by atoms with van der Waals surface area (Å²) in [4.78, 5) is 12.1. The van der Waals surface area contributed by atoms with Gasteiger partial charge in [0, 0.05) is 24.5 Å². The topological polar surface area (TPSA) is 67.0 Å². The molecule has 0 radical (unpaired) electrons. The van der Waals surface area contributed by atoms with E-state index in [1.807, 2.05) is 31.2 Å². The summed E-state index contributed by atoms with van der Waals surface area (Å²) in [5.41, 5.74) is 1.34. The zero-order valence-electron chi connectivity index (χ0n) is 10.8. The molecular formula is C14H17N3O2. The zero-order chi connectivity index (χ0) is 13.2. The smallest absolute Gasteiger partial charge is 0.272 e. The van der Waals surface area contributed by atoms with Crippen LogP contribution in [0, 0.1) is 5.92 Å². The fourth-order valence-corrected chi connectivity index (χ4v) is 2.49. The summed E-state index contributed by atoms with van der Waals surface area (Å²) in [6.45, 7) is 3.47. The molecule has 100 valence electrons. The van der Waals surface area contributed by atoms with Crippen LogP contribution in [0.15, 0.2) is 24.3 Å². The van der Waals surface area contributed by atoms with Gasteiger partial charge in [-0.3, -0.25) is 9.89 Å². The molecule has 1 saturated heterocycles. The van der Waals surface area contributed by atoms with Gasteiger partial charge in [0.1, 0.15) is 0 Å². The second kappa shape index (κ2) is 5.01. The normalized spacial score (nSPS) is 22.8. The van der Waals surface area contributed by atoms with Gasteiger partial charge in [0.25, 0.3) is 5.91 Å². The molecule has 1 fully saturated rings. The molecule has 1 aromatic heterocycles. The van der Waals surface area contributed by atoms with E-state index in [9.17, 15) is 4.79 Å². The molecule has 19 heavy (non-hydrogen) atoms. The van der Waals surface area contributed by atoms with Crippen molar-refractivity contribution in [2.24, 2.45) is 5.92 Å². The summed E-state index contributed by atoms with van der Waals surface area (Å²) in [6.07, 6.45) is 1.22. The lowest BCUT2D eigenvalue weighted by atomic mass is 10.0. The summed E-state index contributed by atoms with van der Waals surface area (Å²) < 4.78 is 5.49. The Balaban J connectivity index is 1.70.